The first-order chi connectivity index (χ1) is 8.86. The maximum absolute atomic E-state index is 11.4. The molecule has 0 radical (unpaired) electrons. The zero-order chi connectivity index (χ0) is 14.8. The van der Waals surface area contributed by atoms with E-state index >= 15 is 0 Å². The van der Waals surface area contributed by atoms with Crippen molar-refractivity contribution in [3.63, 3.8) is 0 Å². The number of carbonyl (C=O) groups excluding carboxylic acids is 3. The summed E-state index contributed by atoms with van der Waals surface area (Å²) >= 11 is 0. The van der Waals surface area contributed by atoms with Crippen molar-refractivity contribution in [1.82, 2.24) is 16.0 Å². The molecular formula is C11H17N3O5. The van der Waals surface area contributed by atoms with Crippen molar-refractivity contribution in [2.45, 2.75) is 26.3 Å². The Bertz CT molecular complexity index is 392. The second-order valence-electron chi connectivity index (χ2n) is 3.65. The standard InChI is InChI=1S/C11H17N3O5/c1-3-6-12-10(18)7(2)13-11(19)14-8(15)4-5-9(16)17/h4-5,7H,3,6H2,1-2H3,(H,12,18)(H,16,17)(H2,13,14,15,19)/b5-4+. The van der Waals surface area contributed by atoms with Crippen LogP contribution >= 0.6 is 0 Å². The van der Waals surface area contributed by atoms with Gasteiger partial charge in [0.1, 0.15) is 6.04 Å². The highest BCUT2D eigenvalue weighted by Gasteiger charge is 2.15. The van der Waals surface area contributed by atoms with E-state index in [1.54, 1.807) is 0 Å². The Morgan fingerprint density at radius 2 is 1.84 bits per heavy atom. The molecule has 19 heavy (non-hydrogen) atoms. The summed E-state index contributed by atoms with van der Waals surface area (Å²) in [6, 6.07) is -1.68. The quantitative estimate of drug-likeness (QED) is 0.479. The Labute approximate surface area is 110 Å². The van der Waals surface area contributed by atoms with E-state index in [9.17, 15) is 19.2 Å². The van der Waals surface area contributed by atoms with Gasteiger partial charge in [0.25, 0.3) is 5.91 Å². The van der Waals surface area contributed by atoms with Crippen molar-refractivity contribution in [3.05, 3.63) is 12.2 Å². The van der Waals surface area contributed by atoms with E-state index in [4.69, 9.17) is 5.11 Å². The molecule has 4 N–H and O–H groups in total. The molecule has 0 fully saturated rings. The second kappa shape index (κ2) is 8.67. The predicted octanol–water partition coefficient (Wildman–Crippen LogP) is -0.632. The van der Waals surface area contributed by atoms with Crippen LogP contribution in [0.2, 0.25) is 0 Å². The maximum atomic E-state index is 11.4. The summed E-state index contributed by atoms with van der Waals surface area (Å²) in [4.78, 5) is 43.9. The van der Waals surface area contributed by atoms with Gasteiger partial charge >= 0.3 is 12.0 Å². The number of amides is 4. The molecule has 0 spiro atoms. The molecule has 0 aliphatic carbocycles. The number of urea groups is 1. The molecule has 8 heteroatoms. The van der Waals surface area contributed by atoms with Crippen LogP contribution in [0, 0.1) is 0 Å². The minimum absolute atomic E-state index is 0.370. The van der Waals surface area contributed by atoms with Crippen LogP contribution in [0.15, 0.2) is 12.2 Å². The van der Waals surface area contributed by atoms with Crippen LogP contribution in [0.3, 0.4) is 0 Å². The first kappa shape index (κ1) is 16.6. The lowest BCUT2D eigenvalue weighted by Crippen LogP contribution is -2.49. The molecule has 0 aromatic carbocycles. The van der Waals surface area contributed by atoms with Gasteiger partial charge in [-0.3, -0.25) is 14.9 Å². The van der Waals surface area contributed by atoms with E-state index in [2.05, 4.69) is 10.6 Å². The molecule has 1 atom stereocenters. The molecule has 0 aromatic rings. The smallest absolute Gasteiger partial charge is 0.328 e. The van der Waals surface area contributed by atoms with Gasteiger partial charge in [-0.15, -0.1) is 0 Å². The minimum atomic E-state index is -1.30. The molecular weight excluding hydrogens is 254 g/mol. The zero-order valence-corrected chi connectivity index (χ0v) is 10.7. The van der Waals surface area contributed by atoms with Gasteiger partial charge in [0.15, 0.2) is 0 Å². The van der Waals surface area contributed by atoms with Crippen molar-refractivity contribution in [2.75, 3.05) is 6.54 Å². The molecule has 8 nitrogen and oxygen atoms in total. The van der Waals surface area contributed by atoms with E-state index in [0.29, 0.717) is 18.7 Å². The topological polar surface area (TPSA) is 125 Å². The lowest BCUT2D eigenvalue weighted by molar-refractivity contribution is -0.131. The number of rotatable bonds is 6. The van der Waals surface area contributed by atoms with Crippen LogP contribution in [0.4, 0.5) is 4.79 Å². The van der Waals surface area contributed by atoms with Gasteiger partial charge in [0, 0.05) is 18.7 Å². The van der Waals surface area contributed by atoms with Crippen molar-refractivity contribution in [3.8, 4) is 0 Å². The Morgan fingerprint density at radius 3 is 2.37 bits per heavy atom. The van der Waals surface area contributed by atoms with E-state index < -0.39 is 23.9 Å². The number of imide groups is 1. The minimum Gasteiger partial charge on any atom is -0.478 e. The lowest BCUT2D eigenvalue weighted by Gasteiger charge is -2.13. The fraction of sp³-hybridized carbons (Fsp3) is 0.455. The van der Waals surface area contributed by atoms with Crippen molar-refractivity contribution >= 4 is 23.8 Å². The molecule has 0 saturated heterocycles. The first-order valence-corrected chi connectivity index (χ1v) is 5.67. The van der Waals surface area contributed by atoms with Crippen molar-refractivity contribution in [2.24, 2.45) is 0 Å². The fourth-order valence-corrected chi connectivity index (χ4v) is 1.00. The van der Waals surface area contributed by atoms with Gasteiger partial charge in [0.05, 0.1) is 0 Å². The summed E-state index contributed by atoms with van der Waals surface area (Å²) in [5.74, 6) is -2.56. The average Bonchev–Trinajstić information content (AvgIpc) is 2.33. The van der Waals surface area contributed by atoms with Crippen LogP contribution in [0.25, 0.3) is 0 Å². The number of nitrogens with one attached hydrogen (secondary N) is 3. The summed E-state index contributed by atoms with van der Waals surface area (Å²) in [7, 11) is 0. The third-order valence-corrected chi connectivity index (χ3v) is 1.90. The maximum Gasteiger partial charge on any atom is 0.328 e. The third kappa shape index (κ3) is 8.36. The number of carboxylic acid groups (broad SMARTS) is 1. The molecule has 1 unspecified atom stereocenters. The van der Waals surface area contributed by atoms with Crippen LogP contribution in [0.1, 0.15) is 20.3 Å². The number of hydrogen-bond donors (Lipinski definition) is 4. The summed E-state index contributed by atoms with van der Waals surface area (Å²) in [5.41, 5.74) is 0. The number of carbonyl (C=O) groups is 4. The molecule has 4 amide bonds. The third-order valence-electron chi connectivity index (χ3n) is 1.90. The fourth-order valence-electron chi connectivity index (χ4n) is 1.00. The molecule has 106 valence electrons. The largest absolute Gasteiger partial charge is 0.478 e. The van der Waals surface area contributed by atoms with Crippen LogP contribution in [-0.2, 0) is 14.4 Å². The summed E-state index contributed by atoms with van der Waals surface area (Å²) in [6.07, 6.45) is 2.06. The molecule has 0 aromatic heterocycles. The Kier molecular flexibility index (Phi) is 7.59. The summed E-state index contributed by atoms with van der Waals surface area (Å²) in [6.45, 7) is 3.84. The van der Waals surface area contributed by atoms with E-state index in [1.165, 1.54) is 6.92 Å². The summed E-state index contributed by atoms with van der Waals surface area (Å²) < 4.78 is 0. The Balaban J connectivity index is 4.13. The molecule has 0 bridgehead atoms. The van der Waals surface area contributed by atoms with Gasteiger partial charge < -0.3 is 15.7 Å². The van der Waals surface area contributed by atoms with Crippen molar-refractivity contribution < 1.29 is 24.3 Å². The Morgan fingerprint density at radius 1 is 1.21 bits per heavy atom. The highest BCUT2D eigenvalue weighted by atomic mass is 16.4. The molecule has 0 saturated carbocycles. The van der Waals surface area contributed by atoms with Crippen LogP contribution < -0.4 is 16.0 Å². The molecule has 0 aliphatic heterocycles. The molecule has 0 rings (SSSR count). The molecule has 0 heterocycles. The average molecular weight is 271 g/mol. The zero-order valence-electron chi connectivity index (χ0n) is 10.7. The van der Waals surface area contributed by atoms with Gasteiger partial charge in [-0.05, 0) is 13.3 Å². The van der Waals surface area contributed by atoms with Gasteiger partial charge in [0.2, 0.25) is 5.91 Å². The number of carboxylic acids is 1. The SMILES string of the molecule is CCCNC(=O)C(C)NC(=O)NC(=O)/C=C/C(=O)O. The van der Waals surface area contributed by atoms with Crippen LogP contribution in [-0.4, -0.2) is 41.5 Å². The number of hydrogen-bond acceptors (Lipinski definition) is 4. The van der Waals surface area contributed by atoms with Crippen LogP contribution in [0.5, 0.6) is 0 Å². The second-order valence-corrected chi connectivity index (χ2v) is 3.65. The van der Waals surface area contributed by atoms with Gasteiger partial charge in [-0.2, -0.15) is 0 Å². The van der Waals surface area contributed by atoms with E-state index in [-0.39, 0.29) is 5.91 Å². The summed E-state index contributed by atoms with van der Waals surface area (Å²) in [5, 5.41) is 15.0. The highest BCUT2D eigenvalue weighted by molar-refractivity contribution is 6.03. The van der Waals surface area contributed by atoms with E-state index in [0.717, 1.165) is 6.42 Å². The van der Waals surface area contributed by atoms with E-state index in [1.807, 2.05) is 12.2 Å². The van der Waals surface area contributed by atoms with Gasteiger partial charge in [-0.25, -0.2) is 9.59 Å². The van der Waals surface area contributed by atoms with Gasteiger partial charge in [-0.1, -0.05) is 6.92 Å². The predicted molar refractivity (Wildman–Crippen MR) is 66.2 cm³/mol. The first-order valence-electron chi connectivity index (χ1n) is 5.67. The Hall–Kier alpha value is -2.38. The normalized spacial score (nSPS) is 11.7. The lowest BCUT2D eigenvalue weighted by atomic mass is 10.3. The number of aliphatic carboxylic acids is 1. The van der Waals surface area contributed by atoms with Crippen molar-refractivity contribution in [1.29, 1.82) is 0 Å². The monoisotopic (exact) mass is 271 g/mol. The highest BCUT2D eigenvalue weighted by Crippen LogP contribution is 1.84. The molecule has 0 aliphatic rings.